The van der Waals surface area contributed by atoms with E-state index in [-0.39, 0.29) is 5.91 Å². The topological polar surface area (TPSA) is 79.9 Å². The lowest BCUT2D eigenvalue weighted by Crippen LogP contribution is -2.12. The zero-order chi connectivity index (χ0) is 17.9. The maximum atomic E-state index is 12.5. The molecule has 2 aromatic heterocycles. The molecule has 0 saturated carbocycles. The molecule has 2 heterocycles. The second-order valence-electron chi connectivity index (χ2n) is 5.51. The molecule has 0 saturated heterocycles. The summed E-state index contributed by atoms with van der Waals surface area (Å²) in [4.78, 5) is 23.8. The number of fused-ring (bicyclic) bond motifs is 1. The number of aromatic amines is 1. The van der Waals surface area contributed by atoms with Gasteiger partial charge < -0.3 is 9.72 Å². The minimum absolute atomic E-state index is 0.296. The Morgan fingerprint density at radius 2 is 1.88 bits per heavy atom. The van der Waals surface area contributed by atoms with Gasteiger partial charge in [0.25, 0.3) is 5.91 Å². The summed E-state index contributed by atoms with van der Waals surface area (Å²) < 4.78 is 5.72. The third-order valence-corrected chi connectivity index (χ3v) is 3.89. The number of pyridine rings is 1. The smallest absolute Gasteiger partial charge is 0.258 e. The van der Waals surface area contributed by atoms with E-state index < -0.39 is 0 Å². The number of amides is 1. The number of anilines is 1. The van der Waals surface area contributed by atoms with Gasteiger partial charge in [0.2, 0.25) is 5.95 Å². The van der Waals surface area contributed by atoms with Gasteiger partial charge in [0.1, 0.15) is 11.5 Å². The molecule has 0 atom stereocenters. The normalized spacial score (nSPS) is 10.7. The Balaban J connectivity index is 1.53. The van der Waals surface area contributed by atoms with Gasteiger partial charge in [0, 0.05) is 23.0 Å². The summed E-state index contributed by atoms with van der Waals surface area (Å²) in [5.41, 5.74) is 1.93. The number of imidazole rings is 1. The minimum Gasteiger partial charge on any atom is -0.457 e. The van der Waals surface area contributed by atoms with E-state index in [1.54, 1.807) is 67.0 Å². The van der Waals surface area contributed by atoms with Crippen molar-refractivity contribution in [1.29, 1.82) is 0 Å². The number of nitrogens with one attached hydrogen (secondary N) is 2. The van der Waals surface area contributed by atoms with Crippen LogP contribution in [0.5, 0.6) is 11.5 Å². The number of H-pyrrole nitrogens is 1. The van der Waals surface area contributed by atoms with Crippen LogP contribution < -0.4 is 10.1 Å². The minimum atomic E-state index is -0.296. The molecule has 0 spiro atoms. The Kier molecular flexibility index (Phi) is 4.25. The van der Waals surface area contributed by atoms with E-state index in [1.165, 1.54) is 0 Å². The number of nitrogens with zero attached hydrogens (tertiary/aromatic N) is 2. The van der Waals surface area contributed by atoms with Crippen LogP contribution in [0.15, 0.2) is 67.0 Å². The van der Waals surface area contributed by atoms with Gasteiger partial charge in [-0.1, -0.05) is 17.7 Å². The van der Waals surface area contributed by atoms with Crippen LogP contribution >= 0.6 is 11.6 Å². The molecule has 2 aromatic carbocycles. The SMILES string of the molecule is O=C(Nc1nc2ccc(Cl)cc2[nH]1)c1cccc(Oc2ccncc2)c1. The highest BCUT2D eigenvalue weighted by Crippen LogP contribution is 2.22. The molecule has 0 unspecified atom stereocenters. The van der Waals surface area contributed by atoms with Crippen molar-refractivity contribution in [3.05, 3.63) is 77.6 Å². The van der Waals surface area contributed by atoms with Crippen LogP contribution in [0.3, 0.4) is 0 Å². The van der Waals surface area contributed by atoms with Crippen LogP contribution in [-0.2, 0) is 0 Å². The lowest BCUT2D eigenvalue weighted by atomic mass is 10.2. The Bertz CT molecular complexity index is 1080. The Morgan fingerprint density at radius 3 is 2.73 bits per heavy atom. The molecule has 7 heteroatoms. The van der Waals surface area contributed by atoms with Gasteiger partial charge in [-0.15, -0.1) is 0 Å². The molecule has 0 fully saturated rings. The predicted octanol–water partition coefficient (Wildman–Crippen LogP) is 4.66. The van der Waals surface area contributed by atoms with Crippen molar-refractivity contribution >= 4 is 34.5 Å². The molecule has 4 rings (SSSR count). The number of ether oxygens (including phenoxy) is 1. The highest BCUT2D eigenvalue weighted by molar-refractivity contribution is 6.31. The third-order valence-electron chi connectivity index (χ3n) is 3.66. The molecule has 128 valence electrons. The second kappa shape index (κ2) is 6.85. The average Bonchev–Trinajstić information content (AvgIpc) is 3.04. The molecule has 2 N–H and O–H groups in total. The first-order valence-electron chi connectivity index (χ1n) is 7.82. The fourth-order valence-corrected chi connectivity index (χ4v) is 2.64. The van der Waals surface area contributed by atoms with Crippen molar-refractivity contribution < 1.29 is 9.53 Å². The number of carbonyl (C=O) groups is 1. The summed E-state index contributed by atoms with van der Waals surface area (Å²) in [7, 11) is 0. The Labute approximate surface area is 153 Å². The number of aromatic nitrogens is 3. The van der Waals surface area contributed by atoms with Crippen LogP contribution in [0.4, 0.5) is 5.95 Å². The van der Waals surface area contributed by atoms with Crippen molar-refractivity contribution in [2.75, 3.05) is 5.32 Å². The molecule has 0 radical (unpaired) electrons. The number of carbonyl (C=O) groups excluding carboxylic acids is 1. The average molecular weight is 365 g/mol. The number of hydrogen-bond acceptors (Lipinski definition) is 4. The van der Waals surface area contributed by atoms with Crippen LogP contribution in [-0.4, -0.2) is 20.9 Å². The van der Waals surface area contributed by atoms with Gasteiger partial charge in [-0.2, -0.15) is 0 Å². The molecule has 26 heavy (non-hydrogen) atoms. The number of rotatable bonds is 4. The van der Waals surface area contributed by atoms with Gasteiger partial charge in [0.05, 0.1) is 11.0 Å². The Morgan fingerprint density at radius 1 is 1.04 bits per heavy atom. The first-order valence-corrected chi connectivity index (χ1v) is 8.20. The van der Waals surface area contributed by atoms with E-state index in [0.29, 0.717) is 28.0 Å². The number of hydrogen-bond donors (Lipinski definition) is 2. The lowest BCUT2D eigenvalue weighted by Gasteiger charge is -2.07. The molecule has 0 aliphatic carbocycles. The molecular weight excluding hydrogens is 352 g/mol. The first kappa shape index (κ1) is 16.1. The standard InChI is InChI=1S/C19H13ClN4O2/c20-13-4-5-16-17(11-13)23-19(22-16)24-18(25)12-2-1-3-15(10-12)26-14-6-8-21-9-7-14/h1-11H,(H2,22,23,24,25). The van der Waals surface area contributed by atoms with E-state index >= 15 is 0 Å². The number of halogens is 1. The molecule has 6 nitrogen and oxygen atoms in total. The van der Waals surface area contributed by atoms with E-state index in [1.807, 2.05) is 0 Å². The van der Waals surface area contributed by atoms with Crippen molar-refractivity contribution in [3.8, 4) is 11.5 Å². The first-order chi connectivity index (χ1) is 12.7. The van der Waals surface area contributed by atoms with E-state index in [2.05, 4.69) is 20.3 Å². The summed E-state index contributed by atoms with van der Waals surface area (Å²) >= 11 is 5.96. The monoisotopic (exact) mass is 364 g/mol. The van der Waals surface area contributed by atoms with Gasteiger partial charge in [-0.05, 0) is 48.5 Å². The maximum absolute atomic E-state index is 12.5. The fourth-order valence-electron chi connectivity index (χ4n) is 2.46. The van der Waals surface area contributed by atoms with E-state index in [4.69, 9.17) is 16.3 Å². The zero-order valence-corrected chi connectivity index (χ0v) is 14.2. The molecular formula is C19H13ClN4O2. The largest absolute Gasteiger partial charge is 0.457 e. The van der Waals surface area contributed by atoms with Crippen molar-refractivity contribution in [1.82, 2.24) is 15.0 Å². The van der Waals surface area contributed by atoms with E-state index in [0.717, 1.165) is 11.0 Å². The van der Waals surface area contributed by atoms with Gasteiger partial charge in [0.15, 0.2) is 0 Å². The summed E-state index contributed by atoms with van der Waals surface area (Å²) in [5, 5.41) is 3.34. The zero-order valence-electron chi connectivity index (χ0n) is 13.4. The van der Waals surface area contributed by atoms with Gasteiger partial charge >= 0.3 is 0 Å². The Hall–Kier alpha value is -3.38. The summed E-state index contributed by atoms with van der Waals surface area (Å²) in [6, 6.07) is 15.7. The van der Waals surface area contributed by atoms with Crippen LogP contribution in [0.1, 0.15) is 10.4 Å². The summed E-state index contributed by atoms with van der Waals surface area (Å²) in [5.74, 6) is 1.26. The van der Waals surface area contributed by atoms with Gasteiger partial charge in [-0.25, -0.2) is 4.98 Å². The van der Waals surface area contributed by atoms with Crippen molar-refractivity contribution in [2.45, 2.75) is 0 Å². The second-order valence-corrected chi connectivity index (χ2v) is 5.95. The quantitative estimate of drug-likeness (QED) is 0.552. The maximum Gasteiger partial charge on any atom is 0.258 e. The molecule has 4 aromatic rings. The van der Waals surface area contributed by atoms with E-state index in [9.17, 15) is 4.79 Å². The van der Waals surface area contributed by atoms with Crippen LogP contribution in [0.25, 0.3) is 11.0 Å². The predicted molar refractivity (Wildman–Crippen MR) is 99.8 cm³/mol. The molecule has 1 amide bonds. The molecule has 0 bridgehead atoms. The van der Waals surface area contributed by atoms with Crippen molar-refractivity contribution in [3.63, 3.8) is 0 Å². The van der Waals surface area contributed by atoms with Crippen molar-refractivity contribution in [2.24, 2.45) is 0 Å². The lowest BCUT2D eigenvalue weighted by molar-refractivity contribution is 0.102. The molecule has 0 aliphatic heterocycles. The summed E-state index contributed by atoms with van der Waals surface area (Å²) in [6.07, 6.45) is 3.28. The van der Waals surface area contributed by atoms with Gasteiger partial charge in [-0.3, -0.25) is 15.1 Å². The summed E-state index contributed by atoms with van der Waals surface area (Å²) in [6.45, 7) is 0. The highest BCUT2D eigenvalue weighted by atomic mass is 35.5. The van der Waals surface area contributed by atoms with Crippen LogP contribution in [0.2, 0.25) is 5.02 Å². The molecule has 0 aliphatic rings. The fraction of sp³-hybridized carbons (Fsp3) is 0. The third kappa shape index (κ3) is 3.50. The van der Waals surface area contributed by atoms with Crippen LogP contribution in [0, 0.1) is 0 Å². The highest BCUT2D eigenvalue weighted by Gasteiger charge is 2.11. The number of benzene rings is 2.